The van der Waals surface area contributed by atoms with Gasteiger partial charge in [0.15, 0.2) is 0 Å². The molecule has 0 unspecified atom stereocenters. The second-order valence-corrected chi connectivity index (χ2v) is 10.3. The SMILES string of the molecule is CCOc1ccc(-c2ccc3c(c2)C=C(C(=O)Nc2ccc(CN(C)C4CCC(=O)CC4)cc2)CCO3)cc1. The van der Waals surface area contributed by atoms with E-state index in [2.05, 4.69) is 35.5 Å². The monoisotopic (exact) mass is 524 g/mol. The zero-order valence-electron chi connectivity index (χ0n) is 22.7. The molecule has 5 rings (SSSR count). The van der Waals surface area contributed by atoms with Crippen molar-refractivity contribution in [2.24, 2.45) is 0 Å². The van der Waals surface area contributed by atoms with Crippen molar-refractivity contribution in [2.75, 3.05) is 25.6 Å². The van der Waals surface area contributed by atoms with Crippen LogP contribution in [0.3, 0.4) is 0 Å². The maximum absolute atomic E-state index is 13.2. The van der Waals surface area contributed by atoms with Gasteiger partial charge in [0.25, 0.3) is 5.91 Å². The number of carbonyl (C=O) groups excluding carboxylic acids is 2. The molecule has 0 spiro atoms. The molecule has 2 aliphatic rings. The number of hydrogen-bond donors (Lipinski definition) is 1. The number of hydrogen-bond acceptors (Lipinski definition) is 5. The Kier molecular flexibility index (Phi) is 8.42. The topological polar surface area (TPSA) is 67.9 Å². The van der Waals surface area contributed by atoms with Gasteiger partial charge in [-0.3, -0.25) is 14.5 Å². The number of anilines is 1. The number of benzene rings is 3. The highest BCUT2D eigenvalue weighted by atomic mass is 16.5. The van der Waals surface area contributed by atoms with Gasteiger partial charge in [0.2, 0.25) is 0 Å². The largest absolute Gasteiger partial charge is 0.494 e. The van der Waals surface area contributed by atoms with E-state index in [0.29, 0.717) is 49.9 Å². The number of Topliss-reactive ketones (excluding diaryl/α,β-unsaturated/α-hetero) is 1. The summed E-state index contributed by atoms with van der Waals surface area (Å²) < 4.78 is 11.5. The number of ether oxygens (including phenoxy) is 2. The standard InChI is InChI=1S/C33H36N2O4/c1-3-38-31-15-6-24(7-16-31)25-8-17-32-27(20-25)21-26(18-19-39-32)33(37)34-28-9-4-23(5-10-28)22-35(2)29-11-13-30(36)14-12-29/h4-10,15-17,20-21,29H,3,11-14,18-19,22H2,1-2H3,(H,34,37). The lowest BCUT2D eigenvalue weighted by molar-refractivity contribution is -0.121. The van der Waals surface area contributed by atoms with E-state index >= 15 is 0 Å². The fourth-order valence-corrected chi connectivity index (χ4v) is 5.28. The number of carbonyl (C=O) groups is 2. The molecule has 0 saturated heterocycles. The van der Waals surface area contributed by atoms with Crippen molar-refractivity contribution in [3.05, 3.63) is 83.4 Å². The van der Waals surface area contributed by atoms with Crippen LogP contribution in [-0.2, 0) is 16.1 Å². The summed E-state index contributed by atoms with van der Waals surface area (Å²) in [5.41, 5.74) is 5.67. The third kappa shape index (κ3) is 6.76. The molecule has 1 heterocycles. The number of nitrogens with zero attached hydrogens (tertiary/aromatic N) is 1. The van der Waals surface area contributed by atoms with Crippen molar-refractivity contribution in [2.45, 2.75) is 51.6 Å². The molecule has 39 heavy (non-hydrogen) atoms. The van der Waals surface area contributed by atoms with Gasteiger partial charge in [-0.05, 0) is 86.0 Å². The molecule has 1 aliphatic heterocycles. The Hall–Kier alpha value is -3.90. The van der Waals surface area contributed by atoms with Gasteiger partial charge in [0.05, 0.1) is 13.2 Å². The maximum atomic E-state index is 13.2. The molecule has 3 aromatic carbocycles. The van der Waals surface area contributed by atoms with Gasteiger partial charge in [-0.1, -0.05) is 30.3 Å². The van der Waals surface area contributed by atoms with E-state index in [-0.39, 0.29) is 5.91 Å². The second kappa shape index (κ2) is 12.3. The highest BCUT2D eigenvalue weighted by Crippen LogP contribution is 2.32. The summed E-state index contributed by atoms with van der Waals surface area (Å²) in [4.78, 5) is 27.1. The Labute approximate surface area is 230 Å². The van der Waals surface area contributed by atoms with E-state index in [9.17, 15) is 9.59 Å². The van der Waals surface area contributed by atoms with Crippen LogP contribution in [0.25, 0.3) is 17.2 Å². The minimum Gasteiger partial charge on any atom is -0.494 e. The normalized spacial score (nSPS) is 15.7. The Morgan fingerprint density at radius 3 is 2.41 bits per heavy atom. The first kappa shape index (κ1) is 26.7. The molecule has 0 radical (unpaired) electrons. The van der Waals surface area contributed by atoms with Crippen molar-refractivity contribution in [3.8, 4) is 22.6 Å². The van der Waals surface area contributed by atoms with E-state index in [0.717, 1.165) is 53.3 Å². The first-order chi connectivity index (χ1) is 19.0. The van der Waals surface area contributed by atoms with Crippen molar-refractivity contribution < 1.29 is 19.1 Å². The molecular formula is C33H36N2O4. The first-order valence-electron chi connectivity index (χ1n) is 13.8. The number of rotatable bonds is 8. The predicted molar refractivity (Wildman–Crippen MR) is 155 cm³/mol. The number of amides is 1. The zero-order valence-corrected chi connectivity index (χ0v) is 22.7. The lowest BCUT2D eigenvalue weighted by Gasteiger charge is -2.30. The van der Waals surface area contributed by atoms with Crippen LogP contribution in [0.2, 0.25) is 0 Å². The Morgan fingerprint density at radius 2 is 1.69 bits per heavy atom. The molecule has 1 aliphatic carbocycles. The molecule has 0 aromatic heterocycles. The maximum Gasteiger partial charge on any atom is 0.251 e. The van der Waals surface area contributed by atoms with Crippen LogP contribution in [0.1, 0.15) is 50.2 Å². The number of nitrogens with one attached hydrogen (secondary N) is 1. The fraction of sp³-hybridized carbons (Fsp3) is 0.333. The molecule has 0 bridgehead atoms. The van der Waals surface area contributed by atoms with Gasteiger partial charge in [-0.15, -0.1) is 0 Å². The quantitative estimate of drug-likeness (QED) is 0.364. The first-order valence-corrected chi connectivity index (χ1v) is 13.8. The van der Waals surface area contributed by atoms with Crippen LogP contribution in [0.5, 0.6) is 11.5 Å². The molecule has 3 aromatic rings. The summed E-state index contributed by atoms with van der Waals surface area (Å²) in [6.45, 7) is 3.88. The Morgan fingerprint density at radius 1 is 0.974 bits per heavy atom. The van der Waals surface area contributed by atoms with E-state index in [4.69, 9.17) is 9.47 Å². The van der Waals surface area contributed by atoms with Gasteiger partial charge in [0, 0.05) is 48.7 Å². The third-order valence-corrected chi connectivity index (χ3v) is 7.54. The second-order valence-electron chi connectivity index (χ2n) is 10.3. The van der Waals surface area contributed by atoms with Crippen LogP contribution in [0.15, 0.2) is 72.3 Å². The van der Waals surface area contributed by atoms with Crippen LogP contribution in [0, 0.1) is 0 Å². The van der Waals surface area contributed by atoms with Crippen molar-refractivity contribution in [1.29, 1.82) is 0 Å². The lowest BCUT2D eigenvalue weighted by atomic mass is 9.93. The summed E-state index contributed by atoms with van der Waals surface area (Å²) in [6.07, 6.45) is 5.72. The smallest absolute Gasteiger partial charge is 0.251 e. The summed E-state index contributed by atoms with van der Waals surface area (Å²) in [7, 11) is 2.12. The van der Waals surface area contributed by atoms with Gasteiger partial charge in [0.1, 0.15) is 17.3 Å². The van der Waals surface area contributed by atoms with Gasteiger partial charge in [-0.2, -0.15) is 0 Å². The zero-order chi connectivity index (χ0) is 27.2. The van der Waals surface area contributed by atoms with Crippen molar-refractivity contribution in [3.63, 3.8) is 0 Å². The molecule has 6 nitrogen and oxygen atoms in total. The van der Waals surface area contributed by atoms with E-state index in [1.807, 2.05) is 61.5 Å². The molecule has 1 fully saturated rings. The van der Waals surface area contributed by atoms with Crippen molar-refractivity contribution in [1.82, 2.24) is 4.90 Å². The Balaban J connectivity index is 1.24. The molecule has 1 amide bonds. The average molecular weight is 525 g/mol. The summed E-state index contributed by atoms with van der Waals surface area (Å²) in [5, 5.41) is 3.06. The molecule has 0 atom stereocenters. The average Bonchev–Trinajstić information content (AvgIpc) is 3.17. The molecule has 1 N–H and O–H groups in total. The molecule has 1 saturated carbocycles. The van der Waals surface area contributed by atoms with Crippen molar-refractivity contribution >= 4 is 23.5 Å². The number of fused-ring (bicyclic) bond motifs is 1. The van der Waals surface area contributed by atoms with Gasteiger partial charge in [-0.25, -0.2) is 0 Å². The molecule has 202 valence electrons. The van der Waals surface area contributed by atoms with Gasteiger partial charge >= 0.3 is 0 Å². The Bertz CT molecular complexity index is 1340. The fourth-order valence-electron chi connectivity index (χ4n) is 5.28. The van der Waals surface area contributed by atoms with E-state index in [1.54, 1.807) is 0 Å². The summed E-state index contributed by atoms with van der Waals surface area (Å²) in [5.74, 6) is 1.89. The predicted octanol–water partition coefficient (Wildman–Crippen LogP) is 6.50. The van der Waals surface area contributed by atoms with Crippen LogP contribution >= 0.6 is 0 Å². The van der Waals surface area contributed by atoms with E-state index in [1.165, 1.54) is 5.56 Å². The summed E-state index contributed by atoms with van der Waals surface area (Å²) in [6, 6.07) is 22.6. The highest BCUT2D eigenvalue weighted by molar-refractivity contribution is 6.07. The summed E-state index contributed by atoms with van der Waals surface area (Å²) >= 11 is 0. The number of ketones is 1. The van der Waals surface area contributed by atoms with Crippen LogP contribution < -0.4 is 14.8 Å². The van der Waals surface area contributed by atoms with Crippen LogP contribution in [0.4, 0.5) is 5.69 Å². The van der Waals surface area contributed by atoms with E-state index < -0.39 is 0 Å². The third-order valence-electron chi connectivity index (χ3n) is 7.54. The van der Waals surface area contributed by atoms with Crippen LogP contribution in [-0.4, -0.2) is 42.9 Å². The molecule has 6 heteroatoms. The molecular weight excluding hydrogens is 488 g/mol. The van der Waals surface area contributed by atoms with Gasteiger partial charge < -0.3 is 14.8 Å². The lowest BCUT2D eigenvalue weighted by Crippen LogP contribution is -2.34. The minimum atomic E-state index is -0.116. The minimum absolute atomic E-state index is 0.116. The highest BCUT2D eigenvalue weighted by Gasteiger charge is 2.22.